The number of nitrogens with two attached hydrogens (primary N) is 1. The highest BCUT2D eigenvalue weighted by Gasteiger charge is 2.07. The van der Waals surface area contributed by atoms with E-state index in [4.69, 9.17) is 17.3 Å². The highest BCUT2D eigenvalue weighted by molar-refractivity contribution is 6.30. The Labute approximate surface area is 125 Å². The van der Waals surface area contributed by atoms with E-state index >= 15 is 0 Å². The van der Waals surface area contributed by atoms with Crippen molar-refractivity contribution in [3.05, 3.63) is 59.2 Å². The summed E-state index contributed by atoms with van der Waals surface area (Å²) in [7, 11) is 0. The van der Waals surface area contributed by atoms with Gasteiger partial charge in [-0.05, 0) is 42.5 Å². The Morgan fingerprint density at radius 3 is 2.67 bits per heavy atom. The number of benzene rings is 2. The molecule has 0 aliphatic carbocycles. The number of rotatable bonds is 2. The van der Waals surface area contributed by atoms with Gasteiger partial charge in [-0.25, -0.2) is 9.97 Å². The molecule has 1 aromatic heterocycles. The molecule has 0 radical (unpaired) electrons. The third-order valence-corrected chi connectivity index (χ3v) is 3.21. The zero-order chi connectivity index (χ0) is 14.8. The van der Waals surface area contributed by atoms with Crippen molar-refractivity contribution in [2.75, 3.05) is 11.1 Å². The molecule has 3 rings (SSSR count). The number of halogens is 1. The Morgan fingerprint density at radius 2 is 1.90 bits per heavy atom. The number of anilines is 2. The summed E-state index contributed by atoms with van der Waals surface area (Å²) in [6.45, 7) is 0. The predicted molar refractivity (Wildman–Crippen MR) is 83.4 cm³/mol. The molecule has 0 unspecified atom stereocenters. The summed E-state index contributed by atoms with van der Waals surface area (Å²) < 4.78 is 0. The first-order valence-electron chi connectivity index (χ1n) is 6.21. The van der Waals surface area contributed by atoms with Crippen LogP contribution in [0.5, 0.6) is 0 Å². The minimum absolute atomic E-state index is 0.206. The average Bonchev–Trinajstić information content (AvgIpc) is 2.48. The minimum atomic E-state index is -0.206. The van der Waals surface area contributed by atoms with Crippen LogP contribution in [-0.4, -0.2) is 15.9 Å². The summed E-state index contributed by atoms with van der Waals surface area (Å²) in [5.41, 5.74) is 7.45. The van der Waals surface area contributed by atoms with Gasteiger partial charge in [-0.3, -0.25) is 4.79 Å². The fourth-order valence-corrected chi connectivity index (χ4v) is 2.06. The number of carbonyl (C=O) groups is 1. The Balaban J connectivity index is 1.85. The molecule has 0 bridgehead atoms. The van der Waals surface area contributed by atoms with Crippen molar-refractivity contribution in [3.8, 4) is 0 Å². The molecule has 5 nitrogen and oxygen atoms in total. The van der Waals surface area contributed by atoms with Gasteiger partial charge in [0.1, 0.15) is 0 Å². The van der Waals surface area contributed by atoms with E-state index in [9.17, 15) is 4.79 Å². The molecular weight excluding hydrogens is 288 g/mol. The van der Waals surface area contributed by atoms with E-state index in [1.54, 1.807) is 48.7 Å². The van der Waals surface area contributed by atoms with Gasteiger partial charge in [0.25, 0.3) is 5.91 Å². The SMILES string of the molecule is Nc1ncc2cc(NC(=O)c3ccc(Cl)cc3)ccc2n1. The zero-order valence-electron chi connectivity index (χ0n) is 10.9. The minimum Gasteiger partial charge on any atom is -0.368 e. The van der Waals surface area contributed by atoms with Crippen molar-refractivity contribution in [1.82, 2.24) is 9.97 Å². The highest BCUT2D eigenvalue weighted by atomic mass is 35.5. The summed E-state index contributed by atoms with van der Waals surface area (Å²) in [5.74, 6) is 0.0165. The molecule has 104 valence electrons. The van der Waals surface area contributed by atoms with Crippen LogP contribution in [0.3, 0.4) is 0 Å². The van der Waals surface area contributed by atoms with E-state index in [1.807, 2.05) is 0 Å². The molecule has 0 aliphatic heterocycles. The molecule has 0 saturated heterocycles. The molecule has 21 heavy (non-hydrogen) atoms. The Morgan fingerprint density at radius 1 is 1.14 bits per heavy atom. The maximum absolute atomic E-state index is 12.1. The van der Waals surface area contributed by atoms with Crippen molar-refractivity contribution in [2.24, 2.45) is 0 Å². The molecule has 0 aliphatic rings. The lowest BCUT2D eigenvalue weighted by Gasteiger charge is -2.06. The van der Waals surface area contributed by atoms with E-state index in [2.05, 4.69) is 15.3 Å². The van der Waals surface area contributed by atoms with E-state index in [0.29, 0.717) is 16.3 Å². The number of hydrogen-bond donors (Lipinski definition) is 2. The maximum atomic E-state index is 12.1. The van der Waals surface area contributed by atoms with Crippen molar-refractivity contribution < 1.29 is 4.79 Å². The number of nitrogens with one attached hydrogen (secondary N) is 1. The molecule has 2 aromatic carbocycles. The van der Waals surface area contributed by atoms with E-state index in [1.165, 1.54) is 0 Å². The number of fused-ring (bicyclic) bond motifs is 1. The molecule has 0 atom stereocenters. The second kappa shape index (κ2) is 5.38. The summed E-state index contributed by atoms with van der Waals surface area (Å²) in [6, 6.07) is 12.0. The van der Waals surface area contributed by atoms with Gasteiger partial charge >= 0.3 is 0 Å². The molecule has 0 fully saturated rings. The van der Waals surface area contributed by atoms with Gasteiger partial charge in [-0.1, -0.05) is 11.6 Å². The first-order chi connectivity index (χ1) is 10.1. The summed E-state index contributed by atoms with van der Waals surface area (Å²) in [4.78, 5) is 20.1. The third-order valence-electron chi connectivity index (χ3n) is 2.96. The number of aromatic nitrogens is 2. The van der Waals surface area contributed by atoms with Crippen molar-refractivity contribution in [1.29, 1.82) is 0 Å². The van der Waals surface area contributed by atoms with Crippen LogP contribution in [0.15, 0.2) is 48.7 Å². The molecule has 0 spiro atoms. The maximum Gasteiger partial charge on any atom is 0.255 e. The number of hydrogen-bond acceptors (Lipinski definition) is 4. The largest absolute Gasteiger partial charge is 0.368 e. The monoisotopic (exact) mass is 298 g/mol. The van der Waals surface area contributed by atoms with Crippen LogP contribution in [0.2, 0.25) is 5.02 Å². The second-order valence-corrected chi connectivity index (χ2v) is 4.90. The second-order valence-electron chi connectivity index (χ2n) is 4.46. The number of nitrogens with zero attached hydrogens (tertiary/aromatic N) is 2. The van der Waals surface area contributed by atoms with E-state index in [-0.39, 0.29) is 11.9 Å². The zero-order valence-corrected chi connectivity index (χ0v) is 11.6. The summed E-state index contributed by atoms with van der Waals surface area (Å²) in [5, 5.41) is 4.21. The van der Waals surface area contributed by atoms with Gasteiger partial charge in [0.15, 0.2) is 0 Å². The summed E-state index contributed by atoms with van der Waals surface area (Å²) in [6.07, 6.45) is 1.62. The lowest BCUT2D eigenvalue weighted by molar-refractivity contribution is 0.102. The molecular formula is C15H11ClN4O. The van der Waals surface area contributed by atoms with Crippen LogP contribution in [0.25, 0.3) is 10.9 Å². The predicted octanol–water partition coefficient (Wildman–Crippen LogP) is 3.12. The average molecular weight is 299 g/mol. The van der Waals surface area contributed by atoms with Gasteiger partial charge < -0.3 is 11.1 Å². The van der Waals surface area contributed by atoms with Crippen LogP contribution in [-0.2, 0) is 0 Å². The first-order valence-corrected chi connectivity index (χ1v) is 6.59. The molecule has 3 aromatic rings. The highest BCUT2D eigenvalue weighted by Crippen LogP contribution is 2.18. The lowest BCUT2D eigenvalue weighted by atomic mass is 10.2. The smallest absolute Gasteiger partial charge is 0.255 e. The van der Waals surface area contributed by atoms with E-state index < -0.39 is 0 Å². The van der Waals surface area contributed by atoms with Crippen LogP contribution in [0.1, 0.15) is 10.4 Å². The molecule has 6 heteroatoms. The van der Waals surface area contributed by atoms with Crippen LogP contribution < -0.4 is 11.1 Å². The fourth-order valence-electron chi connectivity index (χ4n) is 1.93. The third kappa shape index (κ3) is 2.93. The van der Waals surface area contributed by atoms with Gasteiger partial charge in [0.05, 0.1) is 5.52 Å². The molecule has 0 saturated carbocycles. The Hall–Kier alpha value is -2.66. The first kappa shape index (κ1) is 13.3. The molecule has 3 N–H and O–H groups in total. The Kier molecular flexibility index (Phi) is 3.41. The van der Waals surface area contributed by atoms with Crippen LogP contribution in [0, 0.1) is 0 Å². The van der Waals surface area contributed by atoms with E-state index in [0.717, 1.165) is 10.9 Å². The van der Waals surface area contributed by atoms with Crippen molar-refractivity contribution in [2.45, 2.75) is 0 Å². The number of carbonyl (C=O) groups excluding carboxylic acids is 1. The lowest BCUT2D eigenvalue weighted by Crippen LogP contribution is -2.11. The van der Waals surface area contributed by atoms with Gasteiger partial charge in [0.2, 0.25) is 5.95 Å². The van der Waals surface area contributed by atoms with Crippen molar-refractivity contribution in [3.63, 3.8) is 0 Å². The fraction of sp³-hybridized carbons (Fsp3) is 0. The molecule has 1 heterocycles. The molecule has 1 amide bonds. The van der Waals surface area contributed by atoms with Crippen LogP contribution >= 0.6 is 11.6 Å². The van der Waals surface area contributed by atoms with Gasteiger partial charge in [-0.2, -0.15) is 0 Å². The number of amides is 1. The summed E-state index contributed by atoms with van der Waals surface area (Å²) >= 11 is 5.80. The number of nitrogen functional groups attached to an aromatic ring is 1. The van der Waals surface area contributed by atoms with Crippen LogP contribution in [0.4, 0.5) is 11.6 Å². The standard InChI is InChI=1S/C15H11ClN4O/c16-11-3-1-9(2-4-11)14(21)19-12-5-6-13-10(7-12)8-18-15(17)20-13/h1-8H,(H,19,21)(H2,17,18,20). The quantitative estimate of drug-likeness (QED) is 0.761. The van der Waals surface area contributed by atoms with Gasteiger partial charge in [-0.15, -0.1) is 0 Å². The van der Waals surface area contributed by atoms with Gasteiger partial charge in [0, 0.05) is 27.9 Å². The Bertz CT molecular complexity index is 818. The van der Waals surface area contributed by atoms with Crippen molar-refractivity contribution >= 4 is 40.0 Å². The normalized spacial score (nSPS) is 10.5. The topological polar surface area (TPSA) is 80.9 Å².